The zero-order chi connectivity index (χ0) is 20.1. The predicted octanol–water partition coefficient (Wildman–Crippen LogP) is 4.83. The van der Waals surface area contributed by atoms with Crippen molar-refractivity contribution >= 4 is 17.4 Å². The number of carbonyl (C=O) groups is 2. The van der Waals surface area contributed by atoms with Gasteiger partial charge >= 0.3 is 0 Å². The molecule has 1 aliphatic rings. The van der Waals surface area contributed by atoms with E-state index in [2.05, 4.69) is 6.92 Å². The van der Waals surface area contributed by atoms with Crippen LogP contribution in [0.4, 0.5) is 4.39 Å². The molecule has 3 rings (SSSR count). The Labute approximate surface area is 164 Å². The molecule has 1 atom stereocenters. The lowest BCUT2D eigenvalue weighted by molar-refractivity contribution is -0.139. The number of halogens is 1. The Morgan fingerprint density at radius 1 is 1.04 bits per heavy atom. The van der Waals surface area contributed by atoms with Crippen LogP contribution in [0.1, 0.15) is 49.8 Å². The SMILES string of the molecule is CCCCCCN1C(=O)C(=O)C(=C(O)c2ccccc2)C1c1cccc(F)c1. The maximum atomic E-state index is 13.9. The van der Waals surface area contributed by atoms with Crippen molar-refractivity contribution in [2.45, 2.75) is 38.6 Å². The third-order valence-corrected chi connectivity index (χ3v) is 5.00. The van der Waals surface area contributed by atoms with E-state index in [1.54, 1.807) is 42.5 Å². The van der Waals surface area contributed by atoms with Crippen LogP contribution < -0.4 is 0 Å². The molecule has 0 saturated carbocycles. The molecule has 5 heteroatoms. The molecule has 0 bridgehead atoms. The van der Waals surface area contributed by atoms with Crippen LogP contribution in [0.25, 0.3) is 5.76 Å². The van der Waals surface area contributed by atoms with Gasteiger partial charge in [0.1, 0.15) is 11.6 Å². The maximum Gasteiger partial charge on any atom is 0.295 e. The molecule has 0 aliphatic carbocycles. The van der Waals surface area contributed by atoms with Gasteiger partial charge in [0.2, 0.25) is 0 Å². The number of rotatable bonds is 7. The van der Waals surface area contributed by atoms with Gasteiger partial charge in [-0.25, -0.2) is 4.39 Å². The van der Waals surface area contributed by atoms with Crippen molar-refractivity contribution in [1.29, 1.82) is 0 Å². The summed E-state index contributed by atoms with van der Waals surface area (Å²) in [5.41, 5.74) is 0.942. The standard InChI is InChI=1S/C23H24FNO3/c1-2-3-4-8-14-25-20(17-12-9-13-18(24)15-17)19(22(27)23(25)28)21(26)16-10-6-5-7-11-16/h5-7,9-13,15,20,26H,2-4,8,14H2,1H3. The van der Waals surface area contributed by atoms with Gasteiger partial charge in [0, 0.05) is 12.1 Å². The zero-order valence-corrected chi connectivity index (χ0v) is 15.9. The number of ketones is 1. The molecule has 1 saturated heterocycles. The lowest BCUT2D eigenvalue weighted by atomic mass is 9.95. The third-order valence-electron chi connectivity index (χ3n) is 5.00. The Morgan fingerprint density at radius 2 is 1.79 bits per heavy atom. The smallest absolute Gasteiger partial charge is 0.295 e. The minimum absolute atomic E-state index is 0.0114. The summed E-state index contributed by atoms with van der Waals surface area (Å²) in [6.07, 6.45) is 3.78. The van der Waals surface area contributed by atoms with Crippen molar-refractivity contribution < 1.29 is 19.1 Å². The Bertz CT molecular complexity index is 892. The normalized spacial score (nSPS) is 18.6. The van der Waals surface area contributed by atoms with Crippen LogP contribution in [0.15, 0.2) is 60.2 Å². The number of aliphatic hydroxyl groups is 1. The molecule has 0 aromatic heterocycles. The fourth-order valence-electron chi connectivity index (χ4n) is 3.59. The van der Waals surface area contributed by atoms with E-state index in [1.165, 1.54) is 17.0 Å². The second kappa shape index (κ2) is 8.83. The van der Waals surface area contributed by atoms with Crippen molar-refractivity contribution in [3.05, 3.63) is 77.1 Å². The van der Waals surface area contributed by atoms with Gasteiger partial charge in [-0.3, -0.25) is 9.59 Å². The molecule has 146 valence electrons. The number of carbonyl (C=O) groups excluding carboxylic acids is 2. The average Bonchev–Trinajstić information content (AvgIpc) is 2.96. The van der Waals surface area contributed by atoms with Gasteiger partial charge in [0.25, 0.3) is 11.7 Å². The van der Waals surface area contributed by atoms with Crippen LogP contribution in [0.3, 0.4) is 0 Å². The van der Waals surface area contributed by atoms with Gasteiger partial charge in [-0.1, -0.05) is 68.7 Å². The van der Waals surface area contributed by atoms with Crippen LogP contribution in [0.2, 0.25) is 0 Å². The number of benzene rings is 2. The van der Waals surface area contributed by atoms with Gasteiger partial charge in [-0.2, -0.15) is 0 Å². The number of nitrogens with zero attached hydrogens (tertiary/aromatic N) is 1. The summed E-state index contributed by atoms with van der Waals surface area (Å²) in [6.45, 7) is 2.48. The van der Waals surface area contributed by atoms with Crippen LogP contribution in [0.5, 0.6) is 0 Å². The minimum Gasteiger partial charge on any atom is -0.507 e. The third kappa shape index (κ3) is 3.98. The number of aliphatic hydroxyl groups excluding tert-OH is 1. The maximum absolute atomic E-state index is 13.9. The molecule has 0 spiro atoms. The topological polar surface area (TPSA) is 57.6 Å². The second-order valence-electron chi connectivity index (χ2n) is 6.97. The number of likely N-dealkylation sites (tertiary alicyclic amines) is 1. The largest absolute Gasteiger partial charge is 0.507 e. The highest BCUT2D eigenvalue weighted by Crippen LogP contribution is 2.39. The van der Waals surface area contributed by atoms with E-state index < -0.39 is 23.5 Å². The van der Waals surface area contributed by atoms with E-state index in [9.17, 15) is 19.1 Å². The Kier molecular flexibility index (Phi) is 6.24. The van der Waals surface area contributed by atoms with Crippen molar-refractivity contribution in [1.82, 2.24) is 4.90 Å². The highest BCUT2D eigenvalue weighted by molar-refractivity contribution is 6.46. The lowest BCUT2D eigenvalue weighted by Gasteiger charge is -2.25. The summed E-state index contributed by atoms with van der Waals surface area (Å²) in [5.74, 6) is -2.06. The van der Waals surface area contributed by atoms with Crippen molar-refractivity contribution in [3.8, 4) is 0 Å². The van der Waals surface area contributed by atoms with Gasteiger partial charge in [0.15, 0.2) is 0 Å². The molecule has 28 heavy (non-hydrogen) atoms. The van der Waals surface area contributed by atoms with Crippen molar-refractivity contribution in [2.24, 2.45) is 0 Å². The first-order valence-corrected chi connectivity index (χ1v) is 9.64. The van der Waals surface area contributed by atoms with Crippen LogP contribution in [0, 0.1) is 5.82 Å². The molecular formula is C23H24FNO3. The Balaban J connectivity index is 2.06. The number of hydrogen-bond acceptors (Lipinski definition) is 3. The molecule has 1 amide bonds. The minimum atomic E-state index is -0.794. The molecular weight excluding hydrogens is 357 g/mol. The fourth-order valence-corrected chi connectivity index (χ4v) is 3.59. The molecule has 0 radical (unpaired) electrons. The highest BCUT2D eigenvalue weighted by atomic mass is 19.1. The number of Topliss-reactive ketones (excluding diaryl/α,β-unsaturated/α-hetero) is 1. The lowest BCUT2D eigenvalue weighted by Crippen LogP contribution is -2.30. The molecule has 1 aliphatic heterocycles. The van der Waals surface area contributed by atoms with Gasteiger partial charge < -0.3 is 10.0 Å². The van der Waals surface area contributed by atoms with Gasteiger partial charge in [-0.15, -0.1) is 0 Å². The second-order valence-corrected chi connectivity index (χ2v) is 6.97. The monoisotopic (exact) mass is 381 g/mol. The molecule has 2 aromatic rings. The van der Waals surface area contributed by atoms with Gasteiger partial charge in [-0.05, 0) is 24.1 Å². The summed E-state index contributed by atoms with van der Waals surface area (Å²) < 4.78 is 13.9. The summed E-state index contributed by atoms with van der Waals surface area (Å²) in [4.78, 5) is 27.0. The van der Waals surface area contributed by atoms with Crippen molar-refractivity contribution in [3.63, 3.8) is 0 Å². The number of hydrogen-bond donors (Lipinski definition) is 1. The molecule has 1 fully saturated rings. The van der Waals surface area contributed by atoms with E-state index in [4.69, 9.17) is 0 Å². The molecule has 1 N–H and O–H groups in total. The molecule has 4 nitrogen and oxygen atoms in total. The number of unbranched alkanes of at least 4 members (excludes halogenated alkanes) is 3. The van der Waals surface area contributed by atoms with Crippen LogP contribution in [-0.2, 0) is 9.59 Å². The van der Waals surface area contributed by atoms with Crippen LogP contribution in [-0.4, -0.2) is 28.2 Å². The Hall–Kier alpha value is -2.95. The summed E-state index contributed by atoms with van der Waals surface area (Å²) in [6, 6.07) is 13.7. The molecule has 2 aromatic carbocycles. The zero-order valence-electron chi connectivity index (χ0n) is 15.9. The molecule has 1 heterocycles. The summed E-state index contributed by atoms with van der Waals surface area (Å²) >= 11 is 0. The first kappa shape index (κ1) is 19.8. The van der Waals surface area contributed by atoms with E-state index in [0.29, 0.717) is 17.7 Å². The summed E-state index contributed by atoms with van der Waals surface area (Å²) in [5, 5.41) is 10.8. The number of amides is 1. The van der Waals surface area contributed by atoms with E-state index in [-0.39, 0.29) is 11.3 Å². The van der Waals surface area contributed by atoms with Gasteiger partial charge in [0.05, 0.1) is 11.6 Å². The fraction of sp³-hybridized carbons (Fsp3) is 0.304. The van der Waals surface area contributed by atoms with Crippen molar-refractivity contribution in [2.75, 3.05) is 6.54 Å². The predicted molar refractivity (Wildman–Crippen MR) is 106 cm³/mol. The van der Waals surface area contributed by atoms with E-state index in [1.807, 2.05) is 0 Å². The first-order valence-electron chi connectivity index (χ1n) is 9.64. The molecule has 1 unspecified atom stereocenters. The summed E-state index contributed by atoms with van der Waals surface area (Å²) in [7, 11) is 0. The Morgan fingerprint density at radius 3 is 2.46 bits per heavy atom. The first-order chi connectivity index (χ1) is 13.5. The average molecular weight is 381 g/mol. The van der Waals surface area contributed by atoms with E-state index in [0.717, 1.165) is 25.7 Å². The highest BCUT2D eigenvalue weighted by Gasteiger charge is 2.45. The van der Waals surface area contributed by atoms with Crippen LogP contribution >= 0.6 is 0 Å². The quantitative estimate of drug-likeness (QED) is 0.323. The van der Waals surface area contributed by atoms with E-state index >= 15 is 0 Å².